The third-order valence-corrected chi connectivity index (χ3v) is 2.53. The zero-order valence-corrected chi connectivity index (χ0v) is 11.5. The summed E-state index contributed by atoms with van der Waals surface area (Å²) in [6.45, 7) is 0. The molecule has 2 rings (SSSR count). The molecule has 2 aromatic rings. The van der Waals surface area contributed by atoms with Crippen molar-refractivity contribution in [2.24, 2.45) is 0 Å². The van der Waals surface area contributed by atoms with Crippen molar-refractivity contribution < 1.29 is 34.8 Å². The summed E-state index contributed by atoms with van der Waals surface area (Å²) in [4.78, 5) is 44.9. The number of nitrogen functional groups attached to an aromatic ring is 1. The van der Waals surface area contributed by atoms with Gasteiger partial charge in [-0.2, -0.15) is 0 Å². The lowest BCUT2D eigenvalue weighted by Gasteiger charge is -2.18. The Morgan fingerprint density at radius 1 is 1.09 bits per heavy atom. The van der Waals surface area contributed by atoms with Crippen LogP contribution in [0.25, 0.3) is 11.2 Å². The highest BCUT2D eigenvalue weighted by atomic mass is 16.4. The SMILES string of the molecule is Nc1ncnc2[nH]cnc12.O=C(O)CC(O)(CC(=O)O)C(=O)O. The normalized spacial score (nSPS) is 10.7. The number of aromatic amines is 1. The van der Waals surface area contributed by atoms with E-state index in [0.29, 0.717) is 17.0 Å². The summed E-state index contributed by atoms with van der Waals surface area (Å²) in [5, 5.41) is 33.8. The van der Waals surface area contributed by atoms with Crippen LogP contribution < -0.4 is 5.73 Å². The number of anilines is 1. The number of H-pyrrole nitrogens is 1. The molecule has 7 N–H and O–H groups in total. The van der Waals surface area contributed by atoms with Crippen LogP contribution in [0.2, 0.25) is 0 Å². The number of nitrogens with two attached hydrogens (primary N) is 1. The van der Waals surface area contributed by atoms with Gasteiger partial charge in [-0.15, -0.1) is 0 Å². The third kappa shape index (κ3) is 4.89. The molecule has 0 bridgehead atoms. The molecule has 2 aromatic heterocycles. The maximum absolute atomic E-state index is 10.3. The van der Waals surface area contributed by atoms with Crippen LogP contribution in [-0.4, -0.2) is 63.9 Å². The predicted octanol–water partition coefficient (Wildman–Crippen LogP) is -1.31. The van der Waals surface area contributed by atoms with Crippen molar-refractivity contribution in [2.75, 3.05) is 5.73 Å². The summed E-state index contributed by atoms with van der Waals surface area (Å²) in [5.74, 6) is -4.61. The minimum absolute atomic E-state index is 0.409. The second-order valence-corrected chi connectivity index (χ2v) is 4.34. The fourth-order valence-electron chi connectivity index (χ4n) is 1.50. The second-order valence-electron chi connectivity index (χ2n) is 4.34. The summed E-state index contributed by atoms with van der Waals surface area (Å²) < 4.78 is 0. The lowest BCUT2D eigenvalue weighted by atomic mass is 9.96. The van der Waals surface area contributed by atoms with Crippen LogP contribution >= 0.6 is 0 Å². The lowest BCUT2D eigenvalue weighted by Crippen LogP contribution is -2.42. The first-order valence-electron chi connectivity index (χ1n) is 5.94. The molecule has 0 saturated carbocycles. The number of hydrogen-bond donors (Lipinski definition) is 6. The molecule has 23 heavy (non-hydrogen) atoms. The molecule has 12 nitrogen and oxygen atoms in total. The number of carboxylic acids is 3. The number of rotatable bonds is 5. The molecule has 0 atom stereocenters. The maximum Gasteiger partial charge on any atom is 0.336 e. The van der Waals surface area contributed by atoms with Crippen LogP contribution in [0.15, 0.2) is 12.7 Å². The number of aromatic nitrogens is 4. The summed E-state index contributed by atoms with van der Waals surface area (Å²) in [6.07, 6.45) is 0.648. The van der Waals surface area contributed by atoms with Crippen LogP contribution in [0.3, 0.4) is 0 Å². The minimum Gasteiger partial charge on any atom is -0.481 e. The number of carbonyl (C=O) groups is 3. The van der Waals surface area contributed by atoms with Crippen LogP contribution in [0, 0.1) is 0 Å². The predicted molar refractivity (Wildman–Crippen MR) is 73.2 cm³/mol. The molecular formula is C11H13N5O7. The average Bonchev–Trinajstić information content (AvgIpc) is 2.87. The summed E-state index contributed by atoms with van der Waals surface area (Å²) in [6, 6.07) is 0. The van der Waals surface area contributed by atoms with Gasteiger partial charge in [-0.25, -0.2) is 19.7 Å². The van der Waals surface area contributed by atoms with E-state index in [0.717, 1.165) is 0 Å². The number of aliphatic hydroxyl groups is 1. The van der Waals surface area contributed by atoms with Gasteiger partial charge in [0.1, 0.15) is 11.8 Å². The Labute approximate surface area is 127 Å². The van der Waals surface area contributed by atoms with Gasteiger partial charge in [0.2, 0.25) is 0 Å². The van der Waals surface area contributed by atoms with Crippen molar-refractivity contribution in [3.63, 3.8) is 0 Å². The summed E-state index contributed by atoms with van der Waals surface area (Å²) >= 11 is 0. The number of aliphatic carboxylic acids is 3. The van der Waals surface area contributed by atoms with Gasteiger partial charge in [0.25, 0.3) is 0 Å². The van der Waals surface area contributed by atoms with Gasteiger partial charge in [-0.05, 0) is 0 Å². The second kappa shape index (κ2) is 7.13. The molecule has 0 radical (unpaired) electrons. The molecule has 0 unspecified atom stereocenters. The Bertz CT molecular complexity index is 712. The fourth-order valence-corrected chi connectivity index (χ4v) is 1.50. The summed E-state index contributed by atoms with van der Waals surface area (Å²) in [5.41, 5.74) is 4.03. The molecule has 0 spiro atoms. The Hall–Kier alpha value is -3.28. The van der Waals surface area contributed by atoms with E-state index in [1.54, 1.807) is 0 Å². The number of imidazole rings is 1. The Balaban J connectivity index is 0.000000235. The highest BCUT2D eigenvalue weighted by Crippen LogP contribution is 2.15. The zero-order valence-electron chi connectivity index (χ0n) is 11.5. The van der Waals surface area contributed by atoms with Crippen molar-refractivity contribution >= 4 is 34.9 Å². The molecule has 0 saturated heterocycles. The van der Waals surface area contributed by atoms with Gasteiger partial charge >= 0.3 is 17.9 Å². The smallest absolute Gasteiger partial charge is 0.336 e. The number of fused-ring (bicyclic) bond motifs is 1. The maximum atomic E-state index is 10.3. The van der Waals surface area contributed by atoms with Gasteiger partial charge in [0.05, 0.1) is 19.2 Å². The average molecular weight is 327 g/mol. The molecule has 0 aliphatic carbocycles. The fraction of sp³-hybridized carbons (Fsp3) is 0.273. The summed E-state index contributed by atoms with van der Waals surface area (Å²) in [7, 11) is 0. The minimum atomic E-state index is -2.74. The molecular weight excluding hydrogens is 314 g/mol. The highest BCUT2D eigenvalue weighted by molar-refractivity contribution is 5.88. The Morgan fingerprint density at radius 3 is 2.09 bits per heavy atom. The van der Waals surface area contributed by atoms with Crippen LogP contribution in [0.1, 0.15) is 12.8 Å². The van der Waals surface area contributed by atoms with Gasteiger partial charge in [0, 0.05) is 0 Å². The van der Waals surface area contributed by atoms with Crippen LogP contribution in [0.5, 0.6) is 0 Å². The van der Waals surface area contributed by atoms with E-state index in [1.165, 1.54) is 12.7 Å². The molecule has 0 amide bonds. The van der Waals surface area contributed by atoms with E-state index in [9.17, 15) is 14.4 Å². The molecule has 12 heteroatoms. The van der Waals surface area contributed by atoms with E-state index in [1.807, 2.05) is 0 Å². The van der Waals surface area contributed by atoms with Crippen molar-refractivity contribution in [3.8, 4) is 0 Å². The highest BCUT2D eigenvalue weighted by Gasteiger charge is 2.40. The molecule has 0 fully saturated rings. The monoisotopic (exact) mass is 327 g/mol. The molecule has 124 valence electrons. The van der Waals surface area contributed by atoms with E-state index in [-0.39, 0.29) is 0 Å². The lowest BCUT2D eigenvalue weighted by molar-refractivity contribution is -0.170. The number of hydrogen-bond acceptors (Lipinski definition) is 8. The van der Waals surface area contributed by atoms with Crippen molar-refractivity contribution in [1.82, 2.24) is 19.9 Å². The van der Waals surface area contributed by atoms with Gasteiger partial charge < -0.3 is 31.1 Å². The number of nitrogens with one attached hydrogen (secondary N) is 1. The molecule has 2 heterocycles. The van der Waals surface area contributed by atoms with Crippen molar-refractivity contribution in [3.05, 3.63) is 12.7 Å². The van der Waals surface area contributed by atoms with Gasteiger partial charge in [0.15, 0.2) is 17.1 Å². The molecule has 0 aromatic carbocycles. The quantitative estimate of drug-likeness (QED) is 0.379. The first-order valence-corrected chi connectivity index (χ1v) is 5.94. The van der Waals surface area contributed by atoms with Gasteiger partial charge in [-0.3, -0.25) is 9.59 Å². The standard InChI is InChI=1S/C6H8O7.C5H5N5/c7-3(8)1-6(13,5(11)12)2-4(9)10;6-4-3-5(9-1-7-3)10-2-8-4/h13H,1-2H2,(H,7,8)(H,9,10)(H,11,12);1-2H,(H3,6,7,8,9,10). The van der Waals surface area contributed by atoms with Gasteiger partial charge in [-0.1, -0.05) is 0 Å². The van der Waals surface area contributed by atoms with E-state index < -0.39 is 36.4 Å². The van der Waals surface area contributed by atoms with E-state index in [4.69, 9.17) is 26.2 Å². The topological polar surface area (TPSA) is 213 Å². The largest absolute Gasteiger partial charge is 0.481 e. The van der Waals surface area contributed by atoms with Crippen molar-refractivity contribution in [2.45, 2.75) is 18.4 Å². The molecule has 0 aliphatic rings. The Morgan fingerprint density at radius 2 is 1.65 bits per heavy atom. The third-order valence-electron chi connectivity index (χ3n) is 2.53. The van der Waals surface area contributed by atoms with Crippen LogP contribution in [-0.2, 0) is 14.4 Å². The van der Waals surface area contributed by atoms with Crippen LogP contribution in [0.4, 0.5) is 5.82 Å². The molecule has 0 aliphatic heterocycles. The zero-order chi connectivity index (χ0) is 17.6. The van der Waals surface area contributed by atoms with E-state index in [2.05, 4.69) is 19.9 Å². The van der Waals surface area contributed by atoms with E-state index >= 15 is 0 Å². The first-order chi connectivity index (χ1) is 10.7. The Kier molecular flexibility index (Phi) is 5.51. The number of nitrogens with zero attached hydrogens (tertiary/aromatic N) is 3. The number of carboxylic acid groups (broad SMARTS) is 3. The van der Waals surface area contributed by atoms with Crippen molar-refractivity contribution in [1.29, 1.82) is 0 Å². The first kappa shape index (κ1) is 17.8.